The number of thiocarbonyl (C=S) groups is 1. The molecule has 2 rings (SSSR count). The van der Waals surface area contributed by atoms with E-state index in [1.54, 1.807) is 0 Å². The van der Waals surface area contributed by atoms with Crippen molar-refractivity contribution in [3.8, 4) is 0 Å². The molecule has 11 heavy (non-hydrogen) atoms. The lowest BCUT2D eigenvalue weighted by molar-refractivity contribution is 0.437. The number of nitrogens with one attached hydrogen (secondary N) is 1. The van der Waals surface area contributed by atoms with Crippen LogP contribution in [-0.2, 0) is 0 Å². The molecule has 2 fully saturated rings. The molecule has 1 nitrogen and oxygen atoms in total. The fourth-order valence-electron chi connectivity index (χ4n) is 2.34. The summed E-state index contributed by atoms with van der Waals surface area (Å²) in [5.41, 5.74) is 0. The van der Waals surface area contributed by atoms with Crippen molar-refractivity contribution in [2.24, 2.45) is 11.8 Å². The van der Waals surface area contributed by atoms with Gasteiger partial charge in [-0.2, -0.15) is 0 Å². The number of fused-ring (bicyclic) bond motifs is 1. The van der Waals surface area contributed by atoms with Crippen molar-refractivity contribution in [3.05, 3.63) is 0 Å². The molecule has 0 spiro atoms. The molecule has 1 heterocycles. The number of hydrogen-bond acceptors (Lipinski definition) is 1. The fraction of sp³-hybridized carbons (Fsp3) is 0.889. The molecule has 2 atom stereocenters. The van der Waals surface area contributed by atoms with Crippen LogP contribution in [0.4, 0.5) is 0 Å². The van der Waals surface area contributed by atoms with E-state index in [0.29, 0.717) is 0 Å². The first-order valence-corrected chi connectivity index (χ1v) is 5.06. The first kappa shape index (κ1) is 7.53. The highest BCUT2D eigenvalue weighted by Gasteiger charge is 2.31. The van der Waals surface area contributed by atoms with Crippen LogP contribution in [0.15, 0.2) is 0 Å². The third kappa shape index (κ3) is 1.41. The summed E-state index contributed by atoms with van der Waals surface area (Å²) in [4.78, 5) is 1.15. The third-order valence-corrected chi connectivity index (χ3v) is 3.48. The molecular formula is C9H15NS. The lowest BCUT2D eigenvalue weighted by Crippen LogP contribution is -2.16. The van der Waals surface area contributed by atoms with Crippen LogP contribution in [0.25, 0.3) is 0 Å². The minimum atomic E-state index is 0.743. The van der Waals surface area contributed by atoms with Crippen molar-refractivity contribution in [1.82, 2.24) is 5.32 Å². The Morgan fingerprint density at radius 1 is 1.18 bits per heavy atom. The molecule has 1 saturated carbocycles. The third-order valence-electron chi connectivity index (χ3n) is 3.03. The van der Waals surface area contributed by atoms with Gasteiger partial charge in [0.2, 0.25) is 0 Å². The first-order valence-electron chi connectivity index (χ1n) is 4.65. The molecular weight excluding hydrogens is 154 g/mol. The molecule has 0 aromatic heterocycles. The van der Waals surface area contributed by atoms with E-state index < -0.39 is 0 Å². The molecule has 2 unspecified atom stereocenters. The zero-order valence-electron chi connectivity index (χ0n) is 6.81. The molecule has 0 bridgehead atoms. The molecule has 1 saturated heterocycles. The molecule has 62 valence electrons. The second-order valence-electron chi connectivity index (χ2n) is 3.75. The Hall–Kier alpha value is -0.110. The average molecular weight is 169 g/mol. The lowest BCUT2D eigenvalue weighted by Gasteiger charge is -2.12. The van der Waals surface area contributed by atoms with Gasteiger partial charge in [0.15, 0.2) is 0 Å². The summed E-state index contributed by atoms with van der Waals surface area (Å²) in [6.07, 6.45) is 6.98. The SMILES string of the molecule is S=C1NCC2CCCCCC12. The zero-order chi connectivity index (χ0) is 7.68. The molecule has 1 N–H and O–H groups in total. The van der Waals surface area contributed by atoms with Crippen molar-refractivity contribution in [3.63, 3.8) is 0 Å². The van der Waals surface area contributed by atoms with Crippen LogP contribution in [0.5, 0.6) is 0 Å². The average Bonchev–Trinajstić information content (AvgIpc) is 2.25. The van der Waals surface area contributed by atoms with Crippen molar-refractivity contribution in [2.45, 2.75) is 32.1 Å². The Morgan fingerprint density at radius 2 is 2.00 bits per heavy atom. The Balaban J connectivity index is 2.06. The van der Waals surface area contributed by atoms with E-state index in [0.717, 1.165) is 23.4 Å². The molecule has 0 amide bonds. The summed E-state index contributed by atoms with van der Waals surface area (Å²) in [7, 11) is 0. The van der Waals surface area contributed by atoms with E-state index >= 15 is 0 Å². The fourth-order valence-corrected chi connectivity index (χ4v) is 2.73. The van der Waals surface area contributed by atoms with Crippen molar-refractivity contribution < 1.29 is 0 Å². The number of rotatable bonds is 0. The van der Waals surface area contributed by atoms with Gasteiger partial charge in [-0.15, -0.1) is 0 Å². The zero-order valence-corrected chi connectivity index (χ0v) is 7.62. The smallest absolute Gasteiger partial charge is 0.0788 e. The molecule has 1 aliphatic carbocycles. The van der Waals surface area contributed by atoms with Gasteiger partial charge in [-0.05, 0) is 18.8 Å². The normalized spacial score (nSPS) is 37.6. The van der Waals surface area contributed by atoms with Gasteiger partial charge in [-0.3, -0.25) is 0 Å². The van der Waals surface area contributed by atoms with E-state index in [1.165, 1.54) is 32.1 Å². The largest absolute Gasteiger partial charge is 0.379 e. The Morgan fingerprint density at radius 3 is 2.91 bits per heavy atom. The van der Waals surface area contributed by atoms with Gasteiger partial charge in [-0.25, -0.2) is 0 Å². The van der Waals surface area contributed by atoms with E-state index in [2.05, 4.69) is 5.32 Å². The Kier molecular flexibility index (Phi) is 2.12. The summed E-state index contributed by atoms with van der Waals surface area (Å²) in [6.45, 7) is 1.16. The van der Waals surface area contributed by atoms with Gasteiger partial charge in [0.05, 0.1) is 4.99 Å². The second kappa shape index (κ2) is 3.10. The second-order valence-corrected chi connectivity index (χ2v) is 4.19. The van der Waals surface area contributed by atoms with Gasteiger partial charge in [0, 0.05) is 12.5 Å². The topological polar surface area (TPSA) is 12.0 Å². The van der Waals surface area contributed by atoms with Crippen LogP contribution in [0.1, 0.15) is 32.1 Å². The summed E-state index contributed by atoms with van der Waals surface area (Å²) >= 11 is 5.27. The summed E-state index contributed by atoms with van der Waals surface area (Å²) < 4.78 is 0. The highest BCUT2D eigenvalue weighted by atomic mass is 32.1. The highest BCUT2D eigenvalue weighted by Crippen LogP contribution is 2.32. The van der Waals surface area contributed by atoms with E-state index in [4.69, 9.17) is 12.2 Å². The van der Waals surface area contributed by atoms with Gasteiger partial charge >= 0.3 is 0 Å². The van der Waals surface area contributed by atoms with Crippen LogP contribution < -0.4 is 5.32 Å². The lowest BCUT2D eigenvalue weighted by atomic mass is 9.92. The Labute approximate surface area is 73.6 Å². The summed E-state index contributed by atoms with van der Waals surface area (Å²) in [5.74, 6) is 1.62. The summed E-state index contributed by atoms with van der Waals surface area (Å²) in [5, 5.41) is 3.32. The quantitative estimate of drug-likeness (QED) is 0.557. The van der Waals surface area contributed by atoms with Gasteiger partial charge < -0.3 is 5.32 Å². The minimum absolute atomic E-state index is 0.743. The van der Waals surface area contributed by atoms with Crippen LogP contribution >= 0.6 is 12.2 Å². The maximum Gasteiger partial charge on any atom is 0.0788 e. The molecule has 2 aliphatic rings. The van der Waals surface area contributed by atoms with Gasteiger partial charge in [-0.1, -0.05) is 31.5 Å². The van der Waals surface area contributed by atoms with E-state index in [9.17, 15) is 0 Å². The van der Waals surface area contributed by atoms with E-state index in [-0.39, 0.29) is 0 Å². The van der Waals surface area contributed by atoms with Crippen molar-refractivity contribution in [1.29, 1.82) is 0 Å². The van der Waals surface area contributed by atoms with E-state index in [1.807, 2.05) is 0 Å². The summed E-state index contributed by atoms with van der Waals surface area (Å²) in [6, 6.07) is 0. The number of hydrogen-bond donors (Lipinski definition) is 1. The molecule has 0 aromatic rings. The van der Waals surface area contributed by atoms with Crippen LogP contribution in [0.2, 0.25) is 0 Å². The molecule has 2 heteroatoms. The standard InChI is InChI=1S/C9H15NS/c11-9-8-5-3-1-2-4-7(8)6-10-9/h7-8H,1-6H2,(H,10,11). The molecule has 1 aliphatic heterocycles. The minimum Gasteiger partial charge on any atom is -0.379 e. The van der Waals surface area contributed by atoms with Crippen molar-refractivity contribution in [2.75, 3.05) is 6.54 Å². The first-order chi connectivity index (χ1) is 5.38. The van der Waals surface area contributed by atoms with Gasteiger partial charge in [0.25, 0.3) is 0 Å². The van der Waals surface area contributed by atoms with Gasteiger partial charge in [0.1, 0.15) is 0 Å². The van der Waals surface area contributed by atoms with Crippen molar-refractivity contribution >= 4 is 17.2 Å². The van der Waals surface area contributed by atoms with Crippen LogP contribution in [0.3, 0.4) is 0 Å². The molecule has 0 aromatic carbocycles. The van der Waals surface area contributed by atoms with Crippen LogP contribution in [0, 0.1) is 11.8 Å². The van der Waals surface area contributed by atoms with Crippen LogP contribution in [-0.4, -0.2) is 11.5 Å². The molecule has 0 radical (unpaired) electrons. The maximum absolute atomic E-state index is 5.27. The predicted molar refractivity (Wildman–Crippen MR) is 50.7 cm³/mol. The maximum atomic E-state index is 5.27. The monoisotopic (exact) mass is 169 g/mol. The Bertz CT molecular complexity index is 167. The predicted octanol–water partition coefficient (Wildman–Crippen LogP) is 2.11. The highest BCUT2D eigenvalue weighted by molar-refractivity contribution is 7.80.